The molecule has 0 bridgehead atoms. The molecule has 1 aromatic rings. The average Bonchev–Trinajstić information content (AvgIpc) is 1.89. The zero-order valence-corrected chi connectivity index (χ0v) is 7.24. The van der Waals surface area contributed by atoms with Gasteiger partial charge in [-0.1, -0.05) is 19.4 Å². The van der Waals surface area contributed by atoms with E-state index in [1.54, 1.807) is 0 Å². The van der Waals surface area contributed by atoms with Crippen molar-refractivity contribution < 1.29 is 29.6 Å². The first-order valence-corrected chi connectivity index (χ1v) is 5.11. The number of hydrogen-bond acceptors (Lipinski definition) is 2. The third kappa shape index (κ3) is 2.19. The van der Waals surface area contributed by atoms with Gasteiger partial charge in [0.05, 0.1) is 0 Å². The van der Waals surface area contributed by atoms with Crippen LogP contribution in [0.3, 0.4) is 0 Å². The van der Waals surface area contributed by atoms with Crippen molar-refractivity contribution in [3.05, 3.63) is 18.2 Å². The molecule has 0 saturated heterocycles. The van der Waals surface area contributed by atoms with Gasteiger partial charge < -0.3 is 10.2 Å². The molecule has 0 aliphatic rings. The summed E-state index contributed by atoms with van der Waals surface area (Å²) in [6.45, 7) is 0. The van der Waals surface area contributed by atoms with Crippen LogP contribution in [0, 0.1) is 0 Å². The van der Waals surface area contributed by atoms with E-state index in [2.05, 4.69) is 0 Å². The van der Waals surface area contributed by atoms with E-state index < -0.39 is 26.6 Å². The maximum atomic E-state index is 12.1. The maximum Gasteiger partial charge on any atom is 0.313 e. The van der Waals surface area contributed by atoms with Gasteiger partial charge in [0.2, 0.25) is 0 Å². The Morgan fingerprint density at radius 3 is 1.79 bits per heavy atom. The van der Waals surface area contributed by atoms with Crippen LogP contribution in [-0.2, 0) is 0 Å². The van der Waals surface area contributed by atoms with Gasteiger partial charge in [-0.15, -0.1) is 0 Å². The van der Waals surface area contributed by atoms with Crippen LogP contribution in [0.2, 0.25) is 0 Å². The minimum absolute atomic E-state index is 0.211. The lowest BCUT2D eigenvalue weighted by molar-refractivity contribution is 0.350. The minimum Gasteiger partial charge on any atom is -0.508 e. The zero-order valence-electron chi connectivity index (χ0n) is 6.42. The summed E-state index contributed by atoms with van der Waals surface area (Å²) in [4.78, 5) is -2.48. The topological polar surface area (TPSA) is 40.5 Å². The Balaban J connectivity index is 3.57. The first kappa shape index (κ1) is 10.9. The third-order valence-electron chi connectivity index (χ3n) is 1.36. The van der Waals surface area contributed by atoms with Crippen molar-refractivity contribution in [3.8, 4) is 11.5 Å². The van der Waals surface area contributed by atoms with Gasteiger partial charge in [-0.05, 0) is 12.1 Å². The highest BCUT2D eigenvalue weighted by molar-refractivity contribution is 8.45. The van der Waals surface area contributed by atoms with Gasteiger partial charge in [0, 0.05) is 6.07 Å². The van der Waals surface area contributed by atoms with E-state index in [1.807, 2.05) is 0 Å². The monoisotopic (exact) mass is 236 g/mol. The summed E-state index contributed by atoms with van der Waals surface area (Å²) in [7, 11) is -9.92. The second kappa shape index (κ2) is 2.08. The fraction of sp³-hybridized carbons (Fsp3) is 0. The molecule has 8 heteroatoms. The molecule has 0 heterocycles. The molecule has 82 valence electrons. The van der Waals surface area contributed by atoms with Gasteiger partial charge in [-0.3, -0.25) is 0 Å². The lowest BCUT2D eigenvalue weighted by Gasteiger charge is -2.40. The van der Waals surface area contributed by atoms with Crippen molar-refractivity contribution in [2.45, 2.75) is 4.90 Å². The SMILES string of the molecule is Oc1ccc(O)c(S(F)(F)(F)(F)F)c1. The van der Waals surface area contributed by atoms with Crippen molar-refractivity contribution in [2.24, 2.45) is 0 Å². The number of halogens is 5. The van der Waals surface area contributed by atoms with Crippen LogP contribution in [0.4, 0.5) is 19.4 Å². The summed E-state index contributed by atoms with van der Waals surface area (Å²) < 4.78 is 60.6. The smallest absolute Gasteiger partial charge is 0.313 e. The van der Waals surface area contributed by atoms with E-state index in [0.717, 1.165) is 0 Å². The molecule has 2 N–H and O–H groups in total. The van der Waals surface area contributed by atoms with Crippen LogP contribution in [0.5, 0.6) is 11.5 Å². The Kier molecular flexibility index (Phi) is 1.62. The van der Waals surface area contributed by atoms with Crippen LogP contribution in [-0.4, -0.2) is 10.2 Å². The fourth-order valence-corrected chi connectivity index (χ4v) is 1.62. The van der Waals surface area contributed by atoms with Gasteiger partial charge in [0.1, 0.15) is 11.5 Å². The number of aromatic hydroxyl groups is 2. The second-order valence-electron chi connectivity index (χ2n) is 2.62. The summed E-state index contributed by atoms with van der Waals surface area (Å²) >= 11 is 0. The van der Waals surface area contributed by atoms with Gasteiger partial charge in [-0.25, -0.2) is 0 Å². The predicted octanol–water partition coefficient (Wildman–Crippen LogP) is 3.76. The van der Waals surface area contributed by atoms with Crippen molar-refractivity contribution in [3.63, 3.8) is 0 Å². The summed E-state index contributed by atoms with van der Waals surface area (Å²) in [5.74, 6) is -2.60. The Bertz CT molecular complexity index is 384. The molecule has 0 saturated carbocycles. The largest absolute Gasteiger partial charge is 0.508 e. The lowest BCUT2D eigenvalue weighted by Crippen LogP contribution is -2.06. The number of phenolic OH excluding ortho intramolecular Hbond substituents is 2. The van der Waals surface area contributed by atoms with Crippen LogP contribution >= 0.6 is 10.2 Å². The number of benzene rings is 1. The van der Waals surface area contributed by atoms with Gasteiger partial charge in [-0.2, -0.15) is 0 Å². The van der Waals surface area contributed by atoms with Crippen molar-refractivity contribution in [1.29, 1.82) is 0 Å². The molecule has 0 atom stereocenters. The van der Waals surface area contributed by atoms with E-state index in [-0.39, 0.29) is 6.07 Å². The highest BCUT2D eigenvalue weighted by atomic mass is 32.5. The lowest BCUT2D eigenvalue weighted by atomic mass is 10.3. The Labute approximate surface area is 75.3 Å². The van der Waals surface area contributed by atoms with Gasteiger partial charge in [0.15, 0.2) is 4.90 Å². The molecule has 0 unspecified atom stereocenters. The fourth-order valence-electron chi connectivity index (χ4n) is 0.812. The molecule has 2 nitrogen and oxygen atoms in total. The summed E-state index contributed by atoms with van der Waals surface area (Å²) in [6, 6.07) is 0.807. The molecule has 0 aliphatic carbocycles. The quantitative estimate of drug-likeness (QED) is 0.575. The molecule has 0 aliphatic heterocycles. The molecule has 1 rings (SSSR count). The van der Waals surface area contributed by atoms with Gasteiger partial charge >= 0.3 is 10.2 Å². The third-order valence-corrected chi connectivity index (χ3v) is 2.52. The molecule has 1 aromatic carbocycles. The number of hydrogen-bond donors (Lipinski definition) is 2. The highest BCUT2D eigenvalue weighted by Crippen LogP contribution is 3.03. The molecule has 0 radical (unpaired) electrons. The molecule has 0 aromatic heterocycles. The van der Waals surface area contributed by atoms with Crippen molar-refractivity contribution >= 4 is 10.2 Å². The first-order valence-electron chi connectivity index (χ1n) is 3.16. The molecular weight excluding hydrogens is 231 g/mol. The first-order chi connectivity index (χ1) is 5.90. The van der Waals surface area contributed by atoms with Crippen LogP contribution in [0.15, 0.2) is 23.1 Å². The van der Waals surface area contributed by atoms with E-state index >= 15 is 0 Å². The molecular formula is C6H5F5O2S. The van der Waals surface area contributed by atoms with E-state index in [9.17, 15) is 19.4 Å². The average molecular weight is 236 g/mol. The van der Waals surface area contributed by atoms with Crippen LogP contribution in [0.1, 0.15) is 0 Å². The Hall–Kier alpha value is -1.18. The molecule has 0 fully saturated rings. The predicted molar refractivity (Wildman–Crippen MR) is 41.2 cm³/mol. The van der Waals surface area contributed by atoms with Crippen LogP contribution < -0.4 is 0 Å². The normalized spacial score (nSPS) is 17.2. The highest BCUT2D eigenvalue weighted by Gasteiger charge is 2.67. The van der Waals surface area contributed by atoms with E-state index in [1.165, 1.54) is 0 Å². The molecule has 14 heavy (non-hydrogen) atoms. The number of phenols is 2. The number of rotatable bonds is 1. The molecule has 0 spiro atoms. The van der Waals surface area contributed by atoms with E-state index in [0.29, 0.717) is 12.1 Å². The van der Waals surface area contributed by atoms with Crippen molar-refractivity contribution in [2.75, 3.05) is 0 Å². The standard InChI is InChI=1S/C6H5F5O2S/c7-14(8,9,10,11)6-3-4(12)1-2-5(6)13/h1-3,12-13H. The molecule has 0 amide bonds. The Morgan fingerprint density at radius 2 is 1.43 bits per heavy atom. The van der Waals surface area contributed by atoms with Crippen molar-refractivity contribution in [1.82, 2.24) is 0 Å². The van der Waals surface area contributed by atoms with Crippen LogP contribution in [0.25, 0.3) is 0 Å². The van der Waals surface area contributed by atoms with E-state index in [4.69, 9.17) is 10.2 Å². The Morgan fingerprint density at radius 1 is 0.929 bits per heavy atom. The minimum atomic E-state index is -9.92. The summed E-state index contributed by atoms with van der Waals surface area (Å²) in [5.41, 5.74) is 0. The maximum absolute atomic E-state index is 12.1. The van der Waals surface area contributed by atoms with Gasteiger partial charge in [0.25, 0.3) is 0 Å². The second-order valence-corrected chi connectivity index (χ2v) is 5.00. The summed E-state index contributed by atoms with van der Waals surface area (Å²) in [5, 5.41) is 17.2. The zero-order chi connectivity index (χ0) is 11.3. The summed E-state index contributed by atoms with van der Waals surface area (Å²) in [6.07, 6.45) is 0.